The van der Waals surface area contributed by atoms with E-state index >= 15 is 0 Å². The highest BCUT2D eigenvalue weighted by Crippen LogP contribution is 2.26. The second-order valence-corrected chi connectivity index (χ2v) is 3.61. The van der Waals surface area contributed by atoms with E-state index in [1.807, 2.05) is 0 Å². The maximum absolute atomic E-state index is 5.80. The Bertz CT molecular complexity index is 470. The molecule has 15 heavy (non-hydrogen) atoms. The maximum atomic E-state index is 5.80. The van der Waals surface area contributed by atoms with Gasteiger partial charge in [-0.05, 0) is 0 Å². The summed E-state index contributed by atoms with van der Waals surface area (Å²) >= 11 is 17.1. The van der Waals surface area contributed by atoms with Gasteiger partial charge < -0.3 is 5.32 Å². The fraction of sp³-hybridized carbons (Fsp3) is 0. The highest BCUT2D eigenvalue weighted by atomic mass is 35.5. The summed E-state index contributed by atoms with van der Waals surface area (Å²) in [7, 11) is 0. The van der Waals surface area contributed by atoms with E-state index in [4.69, 9.17) is 34.8 Å². The molecule has 0 amide bonds. The molecule has 0 saturated heterocycles. The van der Waals surface area contributed by atoms with Crippen LogP contribution in [-0.4, -0.2) is 20.2 Å². The lowest BCUT2D eigenvalue weighted by molar-refractivity contribution is 1.09. The van der Waals surface area contributed by atoms with E-state index < -0.39 is 0 Å². The van der Waals surface area contributed by atoms with Gasteiger partial charge in [0.25, 0.3) is 0 Å². The van der Waals surface area contributed by atoms with Crippen molar-refractivity contribution in [1.29, 1.82) is 0 Å². The van der Waals surface area contributed by atoms with E-state index in [0.717, 1.165) is 0 Å². The van der Waals surface area contributed by atoms with Gasteiger partial charge >= 0.3 is 0 Å². The standard InChI is InChI=1S/C7H4Cl3N5/c8-4-5(9)14-7(6(10)13-4)12-3-1-2-11-15-3/h1-2H,(H2,11,12,14,15). The second kappa shape index (κ2) is 4.22. The van der Waals surface area contributed by atoms with Crippen molar-refractivity contribution < 1.29 is 0 Å². The minimum atomic E-state index is 0.0665. The van der Waals surface area contributed by atoms with Gasteiger partial charge in [0.05, 0.1) is 6.20 Å². The number of nitrogens with zero attached hydrogens (tertiary/aromatic N) is 3. The predicted octanol–water partition coefficient (Wildman–Crippen LogP) is 2.90. The predicted molar refractivity (Wildman–Crippen MR) is 58.9 cm³/mol. The number of H-pyrrole nitrogens is 1. The monoisotopic (exact) mass is 263 g/mol. The first-order valence-electron chi connectivity index (χ1n) is 3.82. The van der Waals surface area contributed by atoms with E-state index in [9.17, 15) is 0 Å². The van der Waals surface area contributed by atoms with Crippen LogP contribution in [0.3, 0.4) is 0 Å². The van der Waals surface area contributed by atoms with Crippen molar-refractivity contribution >= 4 is 46.4 Å². The second-order valence-electron chi connectivity index (χ2n) is 2.54. The zero-order chi connectivity index (χ0) is 10.8. The largest absolute Gasteiger partial charge is 0.323 e. The Morgan fingerprint density at radius 2 is 1.80 bits per heavy atom. The van der Waals surface area contributed by atoms with Crippen molar-refractivity contribution in [3.05, 3.63) is 27.7 Å². The summed E-state index contributed by atoms with van der Waals surface area (Å²) in [6.07, 6.45) is 1.58. The van der Waals surface area contributed by atoms with Crippen LogP contribution in [0.2, 0.25) is 15.5 Å². The van der Waals surface area contributed by atoms with E-state index in [1.165, 1.54) is 0 Å². The summed E-state index contributed by atoms with van der Waals surface area (Å²) in [5, 5.41) is 9.58. The van der Waals surface area contributed by atoms with E-state index in [0.29, 0.717) is 11.6 Å². The van der Waals surface area contributed by atoms with E-state index in [2.05, 4.69) is 25.5 Å². The Labute approximate surface area is 99.8 Å². The lowest BCUT2D eigenvalue weighted by Crippen LogP contribution is -1.97. The molecular weight excluding hydrogens is 260 g/mol. The Morgan fingerprint density at radius 1 is 1.07 bits per heavy atom. The maximum Gasteiger partial charge on any atom is 0.173 e. The number of aromatic nitrogens is 4. The zero-order valence-electron chi connectivity index (χ0n) is 7.13. The third kappa shape index (κ3) is 2.31. The Kier molecular flexibility index (Phi) is 2.95. The lowest BCUT2D eigenvalue weighted by Gasteiger charge is -2.05. The van der Waals surface area contributed by atoms with Crippen molar-refractivity contribution in [2.24, 2.45) is 0 Å². The molecule has 5 nitrogen and oxygen atoms in total. The van der Waals surface area contributed by atoms with Crippen molar-refractivity contribution in [2.75, 3.05) is 5.32 Å². The third-order valence-electron chi connectivity index (χ3n) is 1.53. The lowest BCUT2D eigenvalue weighted by atomic mass is 10.6. The molecule has 0 aliphatic carbocycles. The van der Waals surface area contributed by atoms with Crippen LogP contribution in [0.4, 0.5) is 11.6 Å². The molecule has 2 heterocycles. The fourth-order valence-corrected chi connectivity index (χ4v) is 1.38. The molecule has 2 aromatic heterocycles. The van der Waals surface area contributed by atoms with Gasteiger partial charge in [0, 0.05) is 6.07 Å². The molecule has 0 spiro atoms. The molecule has 2 rings (SSSR count). The Morgan fingerprint density at radius 3 is 2.47 bits per heavy atom. The number of nitrogens with one attached hydrogen (secondary N) is 2. The highest BCUT2D eigenvalue weighted by Gasteiger charge is 2.09. The van der Waals surface area contributed by atoms with Gasteiger partial charge in [-0.3, -0.25) is 5.10 Å². The third-order valence-corrected chi connectivity index (χ3v) is 2.41. The number of rotatable bonds is 2. The molecule has 0 aromatic carbocycles. The first-order chi connectivity index (χ1) is 7.16. The van der Waals surface area contributed by atoms with Gasteiger partial charge in [0.1, 0.15) is 5.82 Å². The van der Waals surface area contributed by atoms with Gasteiger partial charge in [-0.15, -0.1) is 0 Å². The minimum absolute atomic E-state index is 0.0665. The number of anilines is 2. The van der Waals surface area contributed by atoms with Gasteiger partial charge in [-0.1, -0.05) is 34.8 Å². The SMILES string of the molecule is Clc1nc(Cl)c(Nc2ccn[nH]2)nc1Cl. The molecule has 0 radical (unpaired) electrons. The van der Waals surface area contributed by atoms with Crippen LogP contribution in [0.5, 0.6) is 0 Å². The smallest absolute Gasteiger partial charge is 0.173 e. The van der Waals surface area contributed by atoms with Crippen LogP contribution < -0.4 is 5.32 Å². The van der Waals surface area contributed by atoms with E-state index in [1.54, 1.807) is 12.3 Å². The average Bonchev–Trinajstić information content (AvgIpc) is 2.67. The molecule has 0 atom stereocenters. The van der Waals surface area contributed by atoms with Crippen LogP contribution in [0.15, 0.2) is 12.3 Å². The van der Waals surface area contributed by atoms with Gasteiger partial charge in [0.2, 0.25) is 0 Å². The van der Waals surface area contributed by atoms with Gasteiger partial charge in [0.15, 0.2) is 21.3 Å². The molecule has 2 N–H and O–H groups in total. The summed E-state index contributed by atoms with van der Waals surface area (Å²) in [5.41, 5.74) is 0. The van der Waals surface area contributed by atoms with Crippen LogP contribution in [0, 0.1) is 0 Å². The van der Waals surface area contributed by atoms with Crippen molar-refractivity contribution in [1.82, 2.24) is 20.2 Å². The van der Waals surface area contributed by atoms with Crippen LogP contribution >= 0.6 is 34.8 Å². The molecule has 0 fully saturated rings. The van der Waals surface area contributed by atoms with Gasteiger partial charge in [-0.2, -0.15) is 5.10 Å². The molecular formula is C7H4Cl3N5. The molecule has 0 saturated carbocycles. The van der Waals surface area contributed by atoms with Crippen LogP contribution in [0.25, 0.3) is 0 Å². The summed E-state index contributed by atoms with van der Waals surface area (Å²) in [5.74, 6) is 0.944. The molecule has 0 aliphatic heterocycles. The van der Waals surface area contributed by atoms with Crippen molar-refractivity contribution in [3.8, 4) is 0 Å². The number of halogens is 3. The number of hydrogen-bond acceptors (Lipinski definition) is 4. The van der Waals surface area contributed by atoms with E-state index in [-0.39, 0.29) is 15.5 Å². The molecule has 8 heteroatoms. The Balaban J connectivity index is 2.33. The summed E-state index contributed by atoms with van der Waals surface area (Å²) in [4.78, 5) is 7.72. The summed E-state index contributed by atoms with van der Waals surface area (Å²) < 4.78 is 0. The van der Waals surface area contributed by atoms with Gasteiger partial charge in [-0.25, -0.2) is 9.97 Å². The molecule has 2 aromatic rings. The van der Waals surface area contributed by atoms with Crippen molar-refractivity contribution in [3.63, 3.8) is 0 Å². The molecule has 0 bridgehead atoms. The topological polar surface area (TPSA) is 66.5 Å². The van der Waals surface area contributed by atoms with Crippen LogP contribution in [0.1, 0.15) is 0 Å². The average molecular weight is 265 g/mol. The van der Waals surface area contributed by atoms with Crippen molar-refractivity contribution in [2.45, 2.75) is 0 Å². The molecule has 0 unspecified atom stereocenters. The first kappa shape index (κ1) is 10.5. The highest BCUT2D eigenvalue weighted by molar-refractivity contribution is 6.41. The first-order valence-corrected chi connectivity index (χ1v) is 4.95. The fourth-order valence-electron chi connectivity index (χ4n) is 0.908. The normalized spacial score (nSPS) is 10.3. The van der Waals surface area contributed by atoms with Crippen LogP contribution in [-0.2, 0) is 0 Å². The Hall–Kier alpha value is -1.04. The number of aromatic amines is 1. The summed E-state index contributed by atoms with van der Waals surface area (Å²) in [6, 6.07) is 1.71. The minimum Gasteiger partial charge on any atom is -0.323 e. The molecule has 0 aliphatic rings. The quantitative estimate of drug-likeness (QED) is 0.875. The molecule has 78 valence electrons. The summed E-state index contributed by atoms with van der Waals surface area (Å²) in [6.45, 7) is 0. The zero-order valence-corrected chi connectivity index (χ0v) is 9.40. The number of hydrogen-bond donors (Lipinski definition) is 2.